The lowest BCUT2D eigenvalue weighted by atomic mass is 10.2. The Labute approximate surface area is 146 Å². The topological polar surface area (TPSA) is 127 Å². The number of nitriles is 1. The van der Waals surface area contributed by atoms with E-state index in [2.05, 4.69) is 4.98 Å². The Morgan fingerprint density at radius 3 is 2.96 bits per heavy atom. The highest BCUT2D eigenvalue weighted by atomic mass is 31.2. The highest BCUT2D eigenvalue weighted by molar-refractivity contribution is 7.47. The van der Waals surface area contributed by atoms with Crippen LogP contribution < -0.4 is 11.2 Å². The highest BCUT2D eigenvalue weighted by Gasteiger charge is 2.38. The summed E-state index contributed by atoms with van der Waals surface area (Å²) in [5.74, 6) is 0. The van der Waals surface area contributed by atoms with Gasteiger partial charge in [0.2, 0.25) is 0 Å². The van der Waals surface area contributed by atoms with Gasteiger partial charge in [0.15, 0.2) is 8.38 Å². The monoisotopic (exact) mass is 371 g/mol. The number of nitrogens with one attached hydrogen (secondary N) is 1. The largest absolute Gasteiger partial charge is 0.394 e. The van der Waals surface area contributed by atoms with E-state index in [0.717, 1.165) is 0 Å². The molecule has 25 heavy (non-hydrogen) atoms. The molecule has 1 fully saturated rings. The zero-order valence-corrected chi connectivity index (χ0v) is 15.1. The van der Waals surface area contributed by atoms with Crippen molar-refractivity contribution in [2.75, 3.05) is 19.4 Å². The minimum Gasteiger partial charge on any atom is -0.394 e. The Bertz CT molecular complexity index is 727. The molecule has 0 radical (unpaired) electrons. The van der Waals surface area contributed by atoms with Crippen LogP contribution in [-0.2, 0) is 13.8 Å². The molecule has 1 aliphatic heterocycles. The first-order valence-electron chi connectivity index (χ1n) is 8.02. The quantitative estimate of drug-likeness (QED) is 0.510. The summed E-state index contributed by atoms with van der Waals surface area (Å²) in [5, 5.41) is 18.1. The minimum absolute atomic E-state index is 0.261. The minimum atomic E-state index is -1.21. The zero-order valence-electron chi connectivity index (χ0n) is 14.2. The van der Waals surface area contributed by atoms with Crippen LogP contribution in [0.4, 0.5) is 0 Å². The van der Waals surface area contributed by atoms with Crippen LogP contribution in [-0.4, -0.2) is 46.2 Å². The lowest BCUT2D eigenvalue weighted by molar-refractivity contribution is -0.0424. The Balaban J connectivity index is 2.09. The van der Waals surface area contributed by atoms with Gasteiger partial charge in [-0.1, -0.05) is 6.92 Å². The van der Waals surface area contributed by atoms with Crippen molar-refractivity contribution in [2.24, 2.45) is 0 Å². The van der Waals surface area contributed by atoms with Crippen LogP contribution in [0, 0.1) is 18.3 Å². The molecule has 9 nitrogen and oxygen atoms in total. The number of aromatic amines is 1. The number of H-pyrrole nitrogens is 1. The van der Waals surface area contributed by atoms with Crippen LogP contribution in [0.2, 0.25) is 0 Å². The number of aliphatic hydroxyl groups is 1. The summed E-state index contributed by atoms with van der Waals surface area (Å²) >= 11 is 0. The molecule has 0 aromatic carbocycles. The number of aromatic nitrogens is 2. The van der Waals surface area contributed by atoms with Gasteiger partial charge in [-0.05, 0) is 6.92 Å². The molecule has 1 saturated heterocycles. The van der Waals surface area contributed by atoms with Crippen molar-refractivity contribution < 1.29 is 18.9 Å². The predicted molar refractivity (Wildman–Crippen MR) is 90.2 cm³/mol. The number of hydrogen-bond acceptors (Lipinski definition) is 7. The predicted octanol–water partition coefficient (Wildman–Crippen LogP) is 0.772. The van der Waals surface area contributed by atoms with Gasteiger partial charge in [-0.2, -0.15) is 5.26 Å². The molecule has 1 aliphatic rings. The Hall–Kier alpha value is -1.56. The molecule has 10 heteroatoms. The summed E-state index contributed by atoms with van der Waals surface area (Å²) in [4.78, 5) is 25.7. The van der Waals surface area contributed by atoms with Crippen LogP contribution in [0.5, 0.6) is 0 Å². The summed E-state index contributed by atoms with van der Waals surface area (Å²) < 4.78 is 18.5. The van der Waals surface area contributed by atoms with Crippen molar-refractivity contribution in [3.8, 4) is 6.07 Å². The van der Waals surface area contributed by atoms with Gasteiger partial charge in [0.1, 0.15) is 12.3 Å². The number of aryl methyl sites for hydroxylation is 1. The normalized spacial score (nSPS) is 24.2. The SMILES string of the molecule is CCP(OCCC#N)OC1CC(n2cc(C)c(=O)[nH]c2=O)OC1CO. The summed E-state index contributed by atoms with van der Waals surface area (Å²) in [6.45, 7) is 3.54. The molecule has 0 bridgehead atoms. The number of hydrogen-bond donors (Lipinski definition) is 2. The third-order valence-corrected chi connectivity index (χ3v) is 5.27. The Morgan fingerprint density at radius 2 is 2.32 bits per heavy atom. The number of aliphatic hydroxyl groups excluding tert-OH is 1. The van der Waals surface area contributed by atoms with E-state index in [1.54, 1.807) is 6.92 Å². The first-order valence-corrected chi connectivity index (χ1v) is 9.39. The van der Waals surface area contributed by atoms with Crippen molar-refractivity contribution in [3.05, 3.63) is 32.6 Å². The van der Waals surface area contributed by atoms with Crippen LogP contribution in [0.3, 0.4) is 0 Å². The van der Waals surface area contributed by atoms with Gasteiger partial charge >= 0.3 is 5.69 Å². The number of ether oxygens (including phenoxy) is 1. The van der Waals surface area contributed by atoms with Gasteiger partial charge in [-0.15, -0.1) is 0 Å². The average Bonchev–Trinajstić information content (AvgIpc) is 3.00. The van der Waals surface area contributed by atoms with E-state index in [0.29, 0.717) is 18.1 Å². The summed E-state index contributed by atoms with van der Waals surface area (Å²) in [6, 6.07) is 2.00. The van der Waals surface area contributed by atoms with Crippen molar-refractivity contribution in [1.82, 2.24) is 9.55 Å². The molecule has 1 aromatic heterocycles. The number of rotatable bonds is 8. The van der Waals surface area contributed by atoms with Crippen molar-refractivity contribution in [2.45, 2.75) is 45.1 Å². The van der Waals surface area contributed by atoms with Crippen LogP contribution >= 0.6 is 8.38 Å². The molecule has 0 spiro atoms. The van der Waals surface area contributed by atoms with E-state index in [4.69, 9.17) is 19.0 Å². The standard InChI is InChI=1S/C15H22N3O6P/c1-3-25(22-6-4-5-16)24-11-7-13(23-12(11)9-19)18-8-10(2)14(20)17-15(18)21/h8,11-13,19H,3-4,6-7,9H2,1-2H3,(H,17,20,21). The van der Waals surface area contributed by atoms with Crippen LogP contribution in [0.15, 0.2) is 15.8 Å². The molecule has 2 rings (SSSR count). The molecular weight excluding hydrogens is 349 g/mol. The van der Waals surface area contributed by atoms with Gasteiger partial charge in [-0.3, -0.25) is 14.3 Å². The third kappa shape index (κ3) is 4.97. The fraction of sp³-hybridized carbons (Fsp3) is 0.667. The molecular formula is C15H22N3O6P. The molecule has 4 unspecified atom stereocenters. The van der Waals surface area contributed by atoms with E-state index in [9.17, 15) is 14.7 Å². The molecule has 4 atom stereocenters. The maximum atomic E-state index is 12.0. The maximum Gasteiger partial charge on any atom is 0.330 e. The lowest BCUT2D eigenvalue weighted by Gasteiger charge is -2.22. The van der Waals surface area contributed by atoms with Gasteiger partial charge in [0.05, 0.1) is 31.8 Å². The van der Waals surface area contributed by atoms with Crippen molar-refractivity contribution in [1.29, 1.82) is 5.26 Å². The first-order chi connectivity index (χ1) is 12.0. The summed E-state index contributed by atoms with van der Waals surface area (Å²) in [7, 11) is -1.21. The Morgan fingerprint density at radius 1 is 1.56 bits per heavy atom. The molecule has 1 aromatic rings. The van der Waals surface area contributed by atoms with Gasteiger partial charge in [-0.25, -0.2) is 4.79 Å². The maximum absolute atomic E-state index is 12.0. The Kier molecular flexibility index (Phi) is 7.29. The second-order valence-corrected chi connectivity index (χ2v) is 7.33. The molecule has 0 saturated carbocycles. The van der Waals surface area contributed by atoms with E-state index in [1.807, 2.05) is 13.0 Å². The first kappa shape index (κ1) is 19.8. The molecule has 2 heterocycles. The van der Waals surface area contributed by atoms with E-state index < -0.39 is 38.1 Å². The molecule has 0 amide bonds. The second kappa shape index (κ2) is 9.22. The lowest BCUT2D eigenvalue weighted by Crippen LogP contribution is -2.33. The highest BCUT2D eigenvalue weighted by Crippen LogP contribution is 2.44. The van der Waals surface area contributed by atoms with E-state index in [1.165, 1.54) is 10.8 Å². The van der Waals surface area contributed by atoms with Gasteiger partial charge < -0.3 is 18.9 Å². The fourth-order valence-corrected chi connectivity index (χ4v) is 3.70. The van der Waals surface area contributed by atoms with Crippen LogP contribution in [0.1, 0.15) is 31.6 Å². The van der Waals surface area contributed by atoms with Crippen molar-refractivity contribution >= 4 is 8.38 Å². The second-order valence-electron chi connectivity index (χ2n) is 5.56. The third-order valence-electron chi connectivity index (χ3n) is 3.78. The molecule has 0 aliphatic carbocycles. The van der Waals surface area contributed by atoms with Gasteiger partial charge in [0.25, 0.3) is 5.56 Å². The van der Waals surface area contributed by atoms with E-state index in [-0.39, 0.29) is 19.6 Å². The summed E-state index contributed by atoms with van der Waals surface area (Å²) in [6.07, 6.45) is 1.02. The van der Waals surface area contributed by atoms with E-state index >= 15 is 0 Å². The van der Waals surface area contributed by atoms with Gasteiger partial charge in [0, 0.05) is 24.3 Å². The molecule has 138 valence electrons. The smallest absolute Gasteiger partial charge is 0.330 e. The average molecular weight is 371 g/mol. The van der Waals surface area contributed by atoms with Crippen molar-refractivity contribution in [3.63, 3.8) is 0 Å². The fourth-order valence-electron chi connectivity index (χ4n) is 2.49. The van der Waals surface area contributed by atoms with Crippen LogP contribution in [0.25, 0.3) is 0 Å². The summed E-state index contributed by atoms with van der Waals surface area (Å²) in [5.41, 5.74) is -0.615. The zero-order chi connectivity index (χ0) is 18.4. The molecule has 2 N–H and O–H groups in total. The number of nitrogens with zero attached hydrogens (tertiary/aromatic N) is 2.